The third-order valence-corrected chi connectivity index (χ3v) is 2.31. The Hall–Kier alpha value is -0.850. The van der Waals surface area contributed by atoms with Crippen LogP contribution in [0.4, 0.5) is 13.2 Å². The van der Waals surface area contributed by atoms with Crippen molar-refractivity contribution in [2.45, 2.75) is 19.6 Å². The number of aromatic nitrogens is 2. The van der Waals surface area contributed by atoms with E-state index in [0.29, 0.717) is 0 Å². The summed E-state index contributed by atoms with van der Waals surface area (Å²) in [7, 11) is 0. The van der Waals surface area contributed by atoms with Gasteiger partial charge in [-0.05, 0) is 22.9 Å². The molecule has 0 radical (unpaired) electrons. The predicted molar refractivity (Wildman–Crippen MR) is 46.9 cm³/mol. The van der Waals surface area contributed by atoms with Crippen LogP contribution in [0.25, 0.3) is 0 Å². The SMILES string of the molecule is CCn1cnc(C(F)(F)F)c(Br)c1=O. The molecule has 0 aromatic carbocycles. The molecule has 14 heavy (non-hydrogen) atoms. The van der Waals surface area contributed by atoms with Crippen molar-refractivity contribution in [1.82, 2.24) is 9.55 Å². The zero-order chi connectivity index (χ0) is 10.9. The molecule has 0 amide bonds. The van der Waals surface area contributed by atoms with Crippen LogP contribution < -0.4 is 5.56 Å². The largest absolute Gasteiger partial charge is 0.434 e. The highest BCUT2D eigenvalue weighted by Crippen LogP contribution is 2.30. The Kier molecular flexibility index (Phi) is 2.98. The molecular weight excluding hydrogens is 265 g/mol. The lowest BCUT2D eigenvalue weighted by atomic mass is 10.4. The van der Waals surface area contributed by atoms with E-state index in [-0.39, 0.29) is 6.54 Å². The molecule has 0 unspecified atom stereocenters. The van der Waals surface area contributed by atoms with Crippen molar-refractivity contribution in [3.63, 3.8) is 0 Å². The molecule has 0 atom stereocenters. The van der Waals surface area contributed by atoms with Crippen LogP contribution in [0.1, 0.15) is 12.6 Å². The lowest BCUT2D eigenvalue weighted by Gasteiger charge is -2.08. The van der Waals surface area contributed by atoms with Crippen molar-refractivity contribution in [1.29, 1.82) is 0 Å². The third-order valence-electron chi connectivity index (χ3n) is 1.59. The molecule has 1 aromatic heterocycles. The van der Waals surface area contributed by atoms with Gasteiger partial charge in [0.1, 0.15) is 4.47 Å². The summed E-state index contributed by atoms with van der Waals surface area (Å²) < 4.78 is 37.2. The van der Waals surface area contributed by atoms with E-state index in [9.17, 15) is 18.0 Å². The van der Waals surface area contributed by atoms with Crippen LogP contribution in [-0.4, -0.2) is 9.55 Å². The van der Waals surface area contributed by atoms with E-state index in [2.05, 4.69) is 20.9 Å². The van der Waals surface area contributed by atoms with Gasteiger partial charge in [-0.15, -0.1) is 0 Å². The highest BCUT2D eigenvalue weighted by Gasteiger charge is 2.36. The van der Waals surface area contributed by atoms with E-state index in [4.69, 9.17) is 0 Å². The molecule has 78 valence electrons. The predicted octanol–water partition coefficient (Wildman–Crippen LogP) is 2.04. The molecule has 0 saturated heterocycles. The Labute approximate surface area is 85.7 Å². The van der Waals surface area contributed by atoms with Gasteiger partial charge in [-0.2, -0.15) is 13.2 Å². The summed E-state index contributed by atoms with van der Waals surface area (Å²) in [5, 5.41) is 0. The molecule has 1 heterocycles. The van der Waals surface area contributed by atoms with E-state index in [1.807, 2.05) is 0 Å². The molecule has 0 aliphatic rings. The molecule has 1 rings (SSSR count). The van der Waals surface area contributed by atoms with Crippen molar-refractivity contribution in [3.8, 4) is 0 Å². The Morgan fingerprint density at radius 1 is 1.57 bits per heavy atom. The minimum absolute atomic E-state index is 0.280. The maximum Gasteiger partial charge on any atom is 0.434 e. The van der Waals surface area contributed by atoms with Crippen LogP contribution in [0.15, 0.2) is 15.6 Å². The van der Waals surface area contributed by atoms with Crippen molar-refractivity contribution in [2.75, 3.05) is 0 Å². The molecule has 0 fully saturated rings. The van der Waals surface area contributed by atoms with Gasteiger partial charge in [0, 0.05) is 6.54 Å². The average molecular weight is 271 g/mol. The fourth-order valence-corrected chi connectivity index (χ4v) is 1.44. The van der Waals surface area contributed by atoms with Crippen LogP contribution >= 0.6 is 15.9 Å². The van der Waals surface area contributed by atoms with Crippen molar-refractivity contribution in [2.24, 2.45) is 0 Å². The average Bonchev–Trinajstić information content (AvgIpc) is 2.07. The molecule has 0 aliphatic carbocycles. The molecule has 0 aliphatic heterocycles. The van der Waals surface area contributed by atoms with Gasteiger partial charge < -0.3 is 0 Å². The highest BCUT2D eigenvalue weighted by molar-refractivity contribution is 9.10. The van der Waals surface area contributed by atoms with Gasteiger partial charge in [-0.25, -0.2) is 4.98 Å². The quantitative estimate of drug-likeness (QED) is 0.783. The van der Waals surface area contributed by atoms with Gasteiger partial charge in [0.05, 0.1) is 6.33 Å². The second kappa shape index (κ2) is 3.72. The summed E-state index contributed by atoms with van der Waals surface area (Å²) in [6.45, 7) is 1.92. The Morgan fingerprint density at radius 2 is 2.14 bits per heavy atom. The normalized spacial score (nSPS) is 11.8. The number of hydrogen-bond acceptors (Lipinski definition) is 2. The first-order chi connectivity index (χ1) is 6.38. The zero-order valence-electron chi connectivity index (χ0n) is 7.10. The van der Waals surface area contributed by atoms with Crippen molar-refractivity contribution >= 4 is 15.9 Å². The third kappa shape index (κ3) is 1.97. The van der Waals surface area contributed by atoms with Gasteiger partial charge in [0.15, 0.2) is 5.69 Å². The number of halogens is 4. The van der Waals surface area contributed by atoms with Crippen LogP contribution in [0.2, 0.25) is 0 Å². The highest BCUT2D eigenvalue weighted by atomic mass is 79.9. The smallest absolute Gasteiger partial charge is 0.299 e. The Morgan fingerprint density at radius 3 is 2.57 bits per heavy atom. The maximum atomic E-state index is 12.2. The molecule has 0 spiro atoms. The van der Waals surface area contributed by atoms with Crippen LogP contribution in [0, 0.1) is 0 Å². The lowest BCUT2D eigenvalue weighted by Crippen LogP contribution is -2.25. The summed E-state index contributed by atoms with van der Waals surface area (Å²) >= 11 is 2.59. The molecule has 7 heteroatoms. The number of hydrogen-bond donors (Lipinski definition) is 0. The van der Waals surface area contributed by atoms with Gasteiger partial charge in [0.25, 0.3) is 5.56 Å². The Balaban J connectivity index is 3.40. The monoisotopic (exact) mass is 270 g/mol. The van der Waals surface area contributed by atoms with Gasteiger partial charge in [-0.1, -0.05) is 0 Å². The van der Waals surface area contributed by atoms with Crippen molar-refractivity contribution in [3.05, 3.63) is 26.8 Å². The summed E-state index contributed by atoms with van der Waals surface area (Å²) in [6, 6.07) is 0. The minimum atomic E-state index is -4.61. The lowest BCUT2D eigenvalue weighted by molar-refractivity contribution is -0.142. The summed E-state index contributed by atoms with van der Waals surface area (Å²) in [5.74, 6) is 0. The van der Waals surface area contributed by atoms with E-state index >= 15 is 0 Å². The molecule has 0 saturated carbocycles. The van der Waals surface area contributed by atoms with Gasteiger partial charge in [-0.3, -0.25) is 9.36 Å². The maximum absolute atomic E-state index is 12.2. The first-order valence-corrected chi connectivity index (χ1v) is 4.49. The molecule has 0 N–H and O–H groups in total. The first kappa shape index (κ1) is 11.2. The molecule has 0 bridgehead atoms. The molecule has 3 nitrogen and oxygen atoms in total. The number of aryl methyl sites for hydroxylation is 1. The summed E-state index contributed by atoms with van der Waals surface area (Å²) in [4.78, 5) is 14.4. The number of nitrogens with zero attached hydrogens (tertiary/aromatic N) is 2. The second-order valence-electron chi connectivity index (χ2n) is 2.50. The van der Waals surface area contributed by atoms with Gasteiger partial charge in [0.2, 0.25) is 0 Å². The number of rotatable bonds is 1. The van der Waals surface area contributed by atoms with Crippen LogP contribution in [0.5, 0.6) is 0 Å². The second-order valence-corrected chi connectivity index (χ2v) is 3.29. The Bertz CT molecular complexity index is 399. The van der Waals surface area contributed by atoms with Crippen molar-refractivity contribution < 1.29 is 13.2 Å². The van der Waals surface area contributed by atoms with E-state index in [0.717, 1.165) is 10.9 Å². The fourth-order valence-electron chi connectivity index (χ4n) is 0.887. The van der Waals surface area contributed by atoms with Crippen LogP contribution in [-0.2, 0) is 12.7 Å². The number of alkyl halides is 3. The minimum Gasteiger partial charge on any atom is -0.299 e. The van der Waals surface area contributed by atoms with Gasteiger partial charge >= 0.3 is 6.18 Å². The summed E-state index contributed by atoms with van der Waals surface area (Å²) in [6.07, 6.45) is -3.72. The van der Waals surface area contributed by atoms with E-state index in [1.54, 1.807) is 6.92 Å². The zero-order valence-corrected chi connectivity index (χ0v) is 8.68. The molecular formula is C7H6BrF3N2O. The van der Waals surface area contributed by atoms with Crippen LogP contribution in [0.3, 0.4) is 0 Å². The van der Waals surface area contributed by atoms with E-state index < -0.39 is 21.9 Å². The molecule has 1 aromatic rings. The van der Waals surface area contributed by atoms with E-state index in [1.165, 1.54) is 0 Å². The summed E-state index contributed by atoms with van der Waals surface area (Å²) in [5.41, 5.74) is -1.91. The topological polar surface area (TPSA) is 34.9 Å². The standard InChI is InChI=1S/C7H6BrF3N2O/c1-2-13-3-12-5(7(9,10)11)4(8)6(13)14/h3H,2H2,1H3. The fraction of sp³-hybridized carbons (Fsp3) is 0.429. The first-order valence-electron chi connectivity index (χ1n) is 3.70.